The highest BCUT2D eigenvalue weighted by molar-refractivity contribution is 6.28. The molecule has 1 atom stereocenters. The number of rotatable bonds is 1. The summed E-state index contributed by atoms with van der Waals surface area (Å²) in [4.78, 5) is 40.9. The van der Waals surface area contributed by atoms with Crippen LogP contribution in [0.4, 0.5) is 0 Å². The molecule has 1 fully saturated rings. The molecule has 2 aromatic rings. The number of aryl methyl sites for hydroxylation is 1. The molecule has 1 aliphatic rings. The fraction of sp³-hybridized carbons (Fsp3) is 0.333. The second-order valence-electron chi connectivity index (χ2n) is 5.63. The molecule has 0 spiro atoms. The number of para-hydroxylation sites is 1. The van der Waals surface area contributed by atoms with Gasteiger partial charge in [-0.15, -0.1) is 0 Å². The van der Waals surface area contributed by atoms with Crippen molar-refractivity contribution in [2.45, 2.75) is 31.6 Å². The van der Waals surface area contributed by atoms with E-state index >= 15 is 0 Å². The van der Waals surface area contributed by atoms with Crippen LogP contribution in [-0.4, -0.2) is 34.3 Å². The number of phenols is 1. The summed E-state index contributed by atoms with van der Waals surface area (Å²) in [7, 11) is 6.21. The average Bonchev–Trinajstić information content (AvgIpc) is 2.60. The molecule has 2 radical (unpaired) electrons. The van der Waals surface area contributed by atoms with Gasteiger partial charge >= 0.3 is 0 Å². The second-order valence-corrected chi connectivity index (χ2v) is 5.63. The van der Waals surface area contributed by atoms with Crippen molar-refractivity contribution in [3.8, 4) is 5.75 Å². The molecule has 3 rings (SSSR count). The molecule has 0 aliphatic carbocycles. The van der Waals surface area contributed by atoms with Crippen LogP contribution in [0.2, 0.25) is 0 Å². The van der Waals surface area contributed by atoms with Crippen LogP contribution >= 0.6 is 0 Å². The van der Waals surface area contributed by atoms with Crippen molar-refractivity contribution in [3.63, 3.8) is 0 Å². The molecular formula is C15H14BN3O4. The SMILES string of the molecule is [B][C@@]1(n2c(C)nc3c(O)cccc3c2=O)CCCC(=O)NC1=O. The monoisotopic (exact) mass is 311 g/mol. The third-order valence-electron chi connectivity index (χ3n) is 4.05. The maximum Gasteiger partial charge on any atom is 0.261 e. The number of amides is 2. The zero-order valence-electron chi connectivity index (χ0n) is 12.5. The number of hydrogen-bond acceptors (Lipinski definition) is 5. The highest BCUT2D eigenvalue weighted by atomic mass is 16.3. The largest absolute Gasteiger partial charge is 0.506 e. The molecule has 23 heavy (non-hydrogen) atoms. The van der Waals surface area contributed by atoms with Gasteiger partial charge in [0.25, 0.3) is 5.56 Å². The number of aromatic hydroxyl groups is 1. The Morgan fingerprint density at radius 2 is 2.09 bits per heavy atom. The molecule has 116 valence electrons. The van der Waals surface area contributed by atoms with E-state index in [9.17, 15) is 19.5 Å². The van der Waals surface area contributed by atoms with E-state index in [1.165, 1.54) is 25.1 Å². The maximum atomic E-state index is 12.8. The Balaban J connectivity index is 2.29. The summed E-state index contributed by atoms with van der Waals surface area (Å²) in [6.45, 7) is 1.53. The van der Waals surface area contributed by atoms with Crippen LogP contribution in [0.5, 0.6) is 5.75 Å². The Kier molecular flexibility index (Phi) is 3.47. The predicted octanol–water partition coefficient (Wildman–Crippen LogP) is 0.0585. The third-order valence-corrected chi connectivity index (χ3v) is 4.05. The number of phenolic OH excluding ortho intramolecular Hbond substituents is 1. The number of fused-ring (bicyclic) bond motifs is 1. The molecule has 2 N–H and O–H groups in total. The summed E-state index contributed by atoms with van der Waals surface area (Å²) in [5.41, 5.74) is -2.07. The number of nitrogens with one attached hydrogen (secondary N) is 1. The molecule has 0 bridgehead atoms. The average molecular weight is 311 g/mol. The van der Waals surface area contributed by atoms with Gasteiger partial charge in [0.1, 0.15) is 24.9 Å². The number of carbonyl (C=O) groups is 2. The van der Waals surface area contributed by atoms with Gasteiger partial charge in [-0.05, 0) is 31.9 Å². The molecule has 1 aliphatic heterocycles. The van der Waals surface area contributed by atoms with Gasteiger partial charge in [0.05, 0.1) is 10.8 Å². The molecule has 0 unspecified atom stereocenters. The quantitative estimate of drug-likeness (QED) is 0.573. The van der Waals surface area contributed by atoms with Crippen molar-refractivity contribution in [2.24, 2.45) is 0 Å². The standard InChI is InChI=1S/C15H14BN3O4/c1-8-17-12-9(4-2-5-10(12)20)13(22)19(8)15(16)7-3-6-11(21)18-14(15)23/h2,4-5,20H,3,6-7H2,1H3,(H,18,21,23)/t15-/m1/s1. The van der Waals surface area contributed by atoms with Gasteiger partial charge in [-0.25, -0.2) is 4.98 Å². The van der Waals surface area contributed by atoms with Crippen molar-refractivity contribution in [1.29, 1.82) is 0 Å². The van der Waals surface area contributed by atoms with Crippen molar-refractivity contribution in [2.75, 3.05) is 0 Å². The minimum absolute atomic E-state index is 0.124. The molecule has 1 aromatic heterocycles. The molecule has 2 amide bonds. The van der Waals surface area contributed by atoms with Crippen molar-refractivity contribution in [1.82, 2.24) is 14.9 Å². The van der Waals surface area contributed by atoms with E-state index in [-0.39, 0.29) is 35.3 Å². The van der Waals surface area contributed by atoms with Gasteiger partial charge in [-0.3, -0.25) is 24.3 Å². The van der Waals surface area contributed by atoms with Gasteiger partial charge in [0.2, 0.25) is 11.8 Å². The van der Waals surface area contributed by atoms with Gasteiger partial charge in [-0.2, -0.15) is 0 Å². The summed E-state index contributed by atoms with van der Waals surface area (Å²) >= 11 is 0. The molecular weight excluding hydrogens is 297 g/mol. The minimum atomic E-state index is -1.69. The topological polar surface area (TPSA) is 101 Å². The lowest BCUT2D eigenvalue weighted by atomic mass is 9.73. The number of nitrogens with zero attached hydrogens (tertiary/aromatic N) is 2. The van der Waals surface area contributed by atoms with E-state index in [2.05, 4.69) is 10.3 Å². The summed E-state index contributed by atoms with van der Waals surface area (Å²) in [6, 6.07) is 4.44. The van der Waals surface area contributed by atoms with E-state index in [1.807, 2.05) is 0 Å². The first-order chi connectivity index (χ1) is 10.8. The Labute approximate surface area is 132 Å². The van der Waals surface area contributed by atoms with E-state index in [0.29, 0.717) is 6.42 Å². The Morgan fingerprint density at radius 3 is 2.83 bits per heavy atom. The maximum absolute atomic E-state index is 12.8. The van der Waals surface area contributed by atoms with Crippen molar-refractivity contribution in [3.05, 3.63) is 34.4 Å². The summed E-state index contributed by atoms with van der Waals surface area (Å²) < 4.78 is 1.10. The van der Waals surface area contributed by atoms with Crippen LogP contribution in [0.3, 0.4) is 0 Å². The fourth-order valence-electron chi connectivity index (χ4n) is 2.91. The predicted molar refractivity (Wildman–Crippen MR) is 83.1 cm³/mol. The number of aromatic nitrogens is 2. The molecule has 7 nitrogen and oxygen atoms in total. The van der Waals surface area contributed by atoms with E-state index < -0.39 is 22.8 Å². The molecule has 1 saturated heterocycles. The Morgan fingerprint density at radius 1 is 1.35 bits per heavy atom. The Bertz CT molecular complexity index is 892. The first kappa shape index (κ1) is 15.3. The van der Waals surface area contributed by atoms with Gasteiger partial charge in [0.15, 0.2) is 0 Å². The normalized spacial score (nSPS) is 22.0. The molecule has 0 saturated carbocycles. The fourth-order valence-corrected chi connectivity index (χ4v) is 2.91. The highest BCUT2D eigenvalue weighted by Gasteiger charge is 2.39. The molecule has 2 heterocycles. The lowest BCUT2D eigenvalue weighted by Gasteiger charge is -2.30. The number of carbonyl (C=O) groups excluding carboxylic acids is 2. The zero-order valence-corrected chi connectivity index (χ0v) is 12.5. The highest BCUT2D eigenvalue weighted by Crippen LogP contribution is 2.26. The second kappa shape index (κ2) is 5.22. The molecule has 8 heteroatoms. The summed E-state index contributed by atoms with van der Waals surface area (Å²) in [5.74, 6) is -1.08. The van der Waals surface area contributed by atoms with Gasteiger partial charge in [0, 0.05) is 6.42 Å². The van der Waals surface area contributed by atoms with Gasteiger partial charge in [-0.1, -0.05) is 6.07 Å². The van der Waals surface area contributed by atoms with Crippen LogP contribution in [0.15, 0.2) is 23.0 Å². The Hall–Kier alpha value is -2.64. The minimum Gasteiger partial charge on any atom is -0.506 e. The lowest BCUT2D eigenvalue weighted by Crippen LogP contribution is -2.54. The van der Waals surface area contributed by atoms with Crippen LogP contribution in [0.25, 0.3) is 10.9 Å². The van der Waals surface area contributed by atoms with Gasteiger partial charge < -0.3 is 5.11 Å². The smallest absolute Gasteiger partial charge is 0.261 e. The first-order valence-corrected chi connectivity index (χ1v) is 7.19. The van der Waals surface area contributed by atoms with Crippen LogP contribution in [-0.2, 0) is 15.0 Å². The first-order valence-electron chi connectivity index (χ1n) is 7.19. The number of hydrogen-bond donors (Lipinski definition) is 2. The van der Waals surface area contributed by atoms with E-state index in [1.54, 1.807) is 0 Å². The number of benzene rings is 1. The molecule has 1 aromatic carbocycles. The zero-order chi connectivity index (χ0) is 16.8. The lowest BCUT2D eigenvalue weighted by molar-refractivity contribution is -0.132. The summed E-state index contributed by atoms with van der Waals surface area (Å²) in [5, 5.41) is 12.2. The van der Waals surface area contributed by atoms with E-state index in [4.69, 9.17) is 7.85 Å². The number of imide groups is 1. The van der Waals surface area contributed by atoms with Crippen LogP contribution in [0.1, 0.15) is 25.1 Å². The van der Waals surface area contributed by atoms with Crippen LogP contribution < -0.4 is 10.9 Å². The third kappa shape index (κ3) is 2.30. The van der Waals surface area contributed by atoms with Crippen LogP contribution in [0, 0.1) is 6.92 Å². The van der Waals surface area contributed by atoms with Crippen molar-refractivity contribution >= 4 is 30.6 Å². The van der Waals surface area contributed by atoms with E-state index in [0.717, 1.165) is 4.57 Å². The summed E-state index contributed by atoms with van der Waals surface area (Å²) in [6.07, 6.45) is 0.676. The van der Waals surface area contributed by atoms with Crippen molar-refractivity contribution < 1.29 is 14.7 Å².